The van der Waals surface area contributed by atoms with Gasteiger partial charge in [-0.2, -0.15) is 0 Å². The molecule has 2 aliphatic heterocycles. The van der Waals surface area contributed by atoms with Gasteiger partial charge in [-0.25, -0.2) is 0 Å². The number of aliphatic hydroxyl groups is 1. The number of benzene rings is 3. The number of carbonyl (C=O) groups is 1. The van der Waals surface area contributed by atoms with Crippen molar-refractivity contribution < 1.29 is 56.0 Å². The molecule has 0 spiro atoms. The van der Waals surface area contributed by atoms with E-state index in [1.54, 1.807) is 27.0 Å². The summed E-state index contributed by atoms with van der Waals surface area (Å²) in [5.74, 6) is 0.214. The molecule has 8 atom stereocenters. The summed E-state index contributed by atoms with van der Waals surface area (Å²) >= 11 is 0. The van der Waals surface area contributed by atoms with Gasteiger partial charge in [-0.3, -0.25) is 9.36 Å². The second-order valence-electron chi connectivity index (χ2n) is 24.9. The van der Waals surface area contributed by atoms with Crippen LogP contribution in [0, 0.1) is 11.3 Å². The molecule has 2 saturated heterocycles. The second kappa shape index (κ2) is 29.7. The second-order valence-corrected chi connectivity index (χ2v) is 36.5. The van der Waals surface area contributed by atoms with Gasteiger partial charge in [0.25, 0.3) is 0 Å². The molecule has 5 rings (SSSR count). The maximum atomic E-state index is 14.2. The van der Waals surface area contributed by atoms with Crippen LogP contribution in [0.3, 0.4) is 0 Å². The van der Waals surface area contributed by atoms with E-state index in [9.17, 15) is 14.5 Å². The van der Waals surface area contributed by atoms with Crippen LogP contribution in [0.5, 0.6) is 5.75 Å². The highest BCUT2D eigenvalue weighted by atomic mass is 31.2. The minimum Gasteiger partial charge on any atom is -0.497 e. The lowest BCUT2D eigenvalue weighted by atomic mass is 9.73. The number of allylic oxidation sites excluding steroid dienone is 4. The molecule has 3 aromatic rings. The maximum absolute atomic E-state index is 14.2. The van der Waals surface area contributed by atoms with Crippen molar-refractivity contribution in [3.8, 4) is 5.75 Å². The molecule has 444 valence electrons. The average molecular weight is 1160 g/mol. The molecule has 1 N–H and O–H groups in total. The number of hydrogen-bond acceptors (Lipinski definition) is 12. The van der Waals surface area contributed by atoms with Crippen molar-refractivity contribution in [2.45, 2.75) is 187 Å². The number of hydrogen-bond donors (Lipinski definition) is 1. The average Bonchev–Trinajstić information content (AvgIpc) is 3.43. The number of methoxy groups -OCH3 is 1. The smallest absolute Gasteiger partial charge is 0.341 e. The summed E-state index contributed by atoms with van der Waals surface area (Å²) in [5.41, 5.74) is 2.02. The van der Waals surface area contributed by atoms with Crippen LogP contribution < -0.4 is 4.74 Å². The first-order valence-electron chi connectivity index (χ1n) is 29.0. The Bertz CT molecular complexity index is 2480. The van der Waals surface area contributed by atoms with Gasteiger partial charge in [0.15, 0.2) is 16.6 Å². The van der Waals surface area contributed by atoms with E-state index in [0.29, 0.717) is 25.7 Å². The van der Waals surface area contributed by atoms with Crippen molar-refractivity contribution >= 4 is 30.2 Å². The molecule has 0 bridgehead atoms. The molecule has 15 heteroatoms. The van der Waals surface area contributed by atoms with Gasteiger partial charge in [-0.15, -0.1) is 0 Å². The summed E-state index contributed by atoms with van der Waals surface area (Å²) < 4.78 is 72.6. The number of aliphatic hydroxyl groups excluding tert-OH is 1. The summed E-state index contributed by atoms with van der Waals surface area (Å²) in [6.45, 7) is 33.1. The Morgan fingerprint density at radius 2 is 1.39 bits per heavy atom. The van der Waals surface area contributed by atoms with Crippen LogP contribution in [0.4, 0.5) is 0 Å². The van der Waals surface area contributed by atoms with Gasteiger partial charge in [0, 0.05) is 18.9 Å². The summed E-state index contributed by atoms with van der Waals surface area (Å²) in [6.07, 6.45) is 14.9. The zero-order valence-electron chi connectivity index (χ0n) is 51.3. The molecule has 0 amide bonds. The summed E-state index contributed by atoms with van der Waals surface area (Å²) in [4.78, 5) is 14.2. The maximum Gasteiger partial charge on any atom is 0.341 e. The fourth-order valence-electron chi connectivity index (χ4n) is 10.0. The van der Waals surface area contributed by atoms with E-state index in [1.807, 2.05) is 54.6 Å². The Balaban J connectivity index is 1.50. The van der Waals surface area contributed by atoms with Crippen molar-refractivity contribution in [3.63, 3.8) is 0 Å². The van der Waals surface area contributed by atoms with E-state index in [0.717, 1.165) is 34.4 Å². The molecule has 0 radical (unpaired) electrons. The normalized spacial score (nSPS) is 24.0. The third-order valence-electron chi connectivity index (χ3n) is 16.9. The molecule has 0 aliphatic carbocycles. The molecule has 2 heterocycles. The summed E-state index contributed by atoms with van der Waals surface area (Å²) in [6, 6.07) is 28.5. The van der Waals surface area contributed by atoms with Gasteiger partial charge in [-0.1, -0.05) is 176 Å². The van der Waals surface area contributed by atoms with E-state index in [1.165, 1.54) is 0 Å². The molecular formula is C65H99O12PSi2. The van der Waals surface area contributed by atoms with Crippen LogP contribution in [-0.4, -0.2) is 111 Å². The van der Waals surface area contributed by atoms with E-state index in [-0.39, 0.29) is 67.3 Å². The van der Waals surface area contributed by atoms with Crippen LogP contribution in [0.1, 0.15) is 125 Å². The van der Waals surface area contributed by atoms with Gasteiger partial charge in [0.05, 0.1) is 69.5 Å². The van der Waals surface area contributed by atoms with Crippen molar-refractivity contribution in [2.24, 2.45) is 11.3 Å². The van der Waals surface area contributed by atoms with Crippen LogP contribution in [0.25, 0.3) is 0 Å². The van der Waals surface area contributed by atoms with Crippen molar-refractivity contribution in [1.82, 2.24) is 0 Å². The van der Waals surface area contributed by atoms with E-state index in [2.05, 4.69) is 155 Å². The highest BCUT2D eigenvalue weighted by Gasteiger charge is 2.53. The SMILES string of the molecule is CCOP(=O)(CC(=O)O[C@@H]1C[C@@H](/C=C/C/C=C/C(C)=C/[C@H]2O[C@@H](C/C=C/CO)C[C@H](O[Si](C)(C)C(C)(C)C)[C@H]2C)O[C@@H](CCOC(c2ccccc2)(c2ccccc2)c2ccc(OC)cc2)[C@]1(C)CO[Si](C)(C)C(C)(C)C)OCC. The van der Waals surface area contributed by atoms with Crippen LogP contribution in [0.15, 0.2) is 133 Å². The van der Waals surface area contributed by atoms with Crippen molar-refractivity contribution in [2.75, 3.05) is 46.3 Å². The Morgan fingerprint density at radius 1 is 0.800 bits per heavy atom. The Morgan fingerprint density at radius 3 is 1.94 bits per heavy atom. The molecule has 2 aliphatic rings. The minimum atomic E-state index is -3.79. The first kappa shape index (κ1) is 67.0. The lowest BCUT2D eigenvalue weighted by Crippen LogP contribution is -2.58. The Kier molecular flexibility index (Phi) is 24.8. The van der Waals surface area contributed by atoms with E-state index >= 15 is 0 Å². The lowest BCUT2D eigenvalue weighted by molar-refractivity contribution is -0.204. The molecular weight excluding hydrogens is 1060 g/mol. The van der Waals surface area contributed by atoms with Crippen LogP contribution in [0.2, 0.25) is 36.3 Å². The van der Waals surface area contributed by atoms with E-state index in [4.69, 9.17) is 41.6 Å². The quantitative estimate of drug-likeness (QED) is 0.0185. The highest BCUT2D eigenvalue weighted by Crippen LogP contribution is 2.50. The molecule has 12 nitrogen and oxygen atoms in total. The highest BCUT2D eigenvalue weighted by molar-refractivity contribution is 7.54. The first-order chi connectivity index (χ1) is 37.7. The fraction of sp³-hybridized carbons (Fsp3) is 0.585. The van der Waals surface area contributed by atoms with E-state index < -0.39 is 65.7 Å². The Labute approximate surface area is 483 Å². The number of rotatable bonds is 28. The van der Waals surface area contributed by atoms with Gasteiger partial charge in [0.1, 0.15) is 23.6 Å². The predicted molar refractivity (Wildman–Crippen MR) is 328 cm³/mol. The molecule has 0 saturated carbocycles. The van der Waals surface area contributed by atoms with Crippen LogP contribution >= 0.6 is 7.60 Å². The molecule has 0 unspecified atom stereocenters. The fourth-order valence-corrected chi connectivity index (χ4v) is 14.0. The third kappa shape index (κ3) is 17.9. The molecule has 2 fully saturated rings. The van der Waals surface area contributed by atoms with Crippen LogP contribution in [-0.2, 0) is 51.8 Å². The monoisotopic (exact) mass is 1160 g/mol. The lowest BCUT2D eigenvalue weighted by Gasteiger charge is -2.50. The zero-order chi connectivity index (χ0) is 59.0. The number of carbonyl (C=O) groups excluding carboxylic acids is 1. The van der Waals surface area contributed by atoms with Gasteiger partial charge in [-0.05, 0) is 112 Å². The summed E-state index contributed by atoms with van der Waals surface area (Å²) in [7, 11) is -6.56. The standard InChI is InChI=1S/C65H99O12PSi2/c1-17-71-78(68,72-18-2)47-61(67)76-60-46-56(35-27-19-22-30-49(3)44-57-50(4)58(77-80(15,16)63(8,9)10)45-55(74-57)36-28-29-42-66)75-59(64(60,11)48-73-79(13,14)62(5,6)7)41-43-70-65(51-31-23-20-24-32-51,52-33-25-21-26-34-52)53-37-39-54(69-12)40-38-53/h20-35,37-40,44,50,55-60,66H,17-19,36,41-43,45-48H2,1-16H3/b29-28+,30-22+,35-27+,49-44+/t50-,55-,56+,57+,58-,59-,60+,64-/m0/s1. The number of ether oxygens (including phenoxy) is 5. The Hall–Kier alpha value is -3.77. The first-order valence-corrected chi connectivity index (χ1v) is 36.6. The predicted octanol–water partition coefficient (Wildman–Crippen LogP) is 15.3. The minimum absolute atomic E-state index is 0.00196. The largest absolute Gasteiger partial charge is 0.497 e. The van der Waals surface area contributed by atoms with Gasteiger partial charge < -0.3 is 46.7 Å². The van der Waals surface area contributed by atoms with Crippen molar-refractivity contribution in [1.29, 1.82) is 0 Å². The topological polar surface area (TPSA) is 137 Å². The molecule has 3 aromatic carbocycles. The van der Waals surface area contributed by atoms with Gasteiger partial charge >= 0.3 is 13.6 Å². The third-order valence-corrected chi connectivity index (χ3v) is 27.8. The molecule has 80 heavy (non-hydrogen) atoms. The zero-order valence-corrected chi connectivity index (χ0v) is 54.2. The number of esters is 1. The van der Waals surface area contributed by atoms with Crippen molar-refractivity contribution in [3.05, 3.63) is 150 Å². The van der Waals surface area contributed by atoms with Gasteiger partial charge in [0.2, 0.25) is 0 Å². The molecule has 0 aromatic heterocycles. The summed E-state index contributed by atoms with van der Waals surface area (Å²) in [5, 5.41) is 9.42.